The number of hydrogen-bond donors (Lipinski definition) is 2. The summed E-state index contributed by atoms with van der Waals surface area (Å²) in [5.74, 6) is 0.909. The number of rotatable bonds is 8. The fourth-order valence-electron chi connectivity index (χ4n) is 2.57. The molecule has 0 spiro atoms. The summed E-state index contributed by atoms with van der Waals surface area (Å²) in [6.07, 6.45) is 6.04. The van der Waals surface area contributed by atoms with Gasteiger partial charge in [-0.15, -0.1) is 24.0 Å². The number of nitrogens with one attached hydrogen (secondary N) is 2. The van der Waals surface area contributed by atoms with Crippen LogP contribution in [0.2, 0.25) is 0 Å². The van der Waals surface area contributed by atoms with Crippen molar-refractivity contribution in [3.63, 3.8) is 0 Å². The zero-order valence-electron chi connectivity index (χ0n) is 14.8. The van der Waals surface area contributed by atoms with Crippen LogP contribution in [0.4, 0.5) is 0 Å². The number of halogens is 1. The largest absolute Gasteiger partial charge is 0.379 e. The lowest BCUT2D eigenvalue weighted by atomic mass is 10.2. The Hall–Kier alpha value is -0.870. The maximum Gasteiger partial charge on any atom is 0.191 e. The van der Waals surface area contributed by atoms with Crippen LogP contribution in [0.1, 0.15) is 18.9 Å². The fraction of sp³-hybridized carbons (Fsp3) is 0.750. The van der Waals surface area contributed by atoms with E-state index in [2.05, 4.69) is 38.7 Å². The second-order valence-electron chi connectivity index (χ2n) is 5.77. The third-order valence-corrected chi connectivity index (χ3v) is 3.82. The molecule has 1 aliphatic rings. The van der Waals surface area contributed by atoms with Crippen LogP contribution in [0.15, 0.2) is 17.4 Å². The smallest absolute Gasteiger partial charge is 0.191 e. The molecule has 24 heavy (non-hydrogen) atoms. The molecule has 1 aromatic heterocycles. The van der Waals surface area contributed by atoms with Crippen LogP contribution < -0.4 is 10.6 Å². The number of nitrogens with zero attached hydrogens (tertiary/aromatic N) is 4. The number of aliphatic imine (C=N–C) groups is 1. The first kappa shape index (κ1) is 21.2. The van der Waals surface area contributed by atoms with Crippen molar-refractivity contribution in [2.75, 3.05) is 52.5 Å². The molecule has 1 aromatic rings. The Morgan fingerprint density at radius 3 is 2.79 bits per heavy atom. The molecule has 0 unspecified atom stereocenters. The molecular formula is C16H31IN6O. The summed E-state index contributed by atoms with van der Waals surface area (Å²) in [5.41, 5.74) is 1.27. The molecule has 1 fully saturated rings. The van der Waals surface area contributed by atoms with Crippen LogP contribution in [-0.2, 0) is 18.2 Å². The Labute approximate surface area is 162 Å². The van der Waals surface area contributed by atoms with Gasteiger partial charge >= 0.3 is 0 Å². The van der Waals surface area contributed by atoms with Crippen LogP contribution in [0.25, 0.3) is 0 Å². The summed E-state index contributed by atoms with van der Waals surface area (Å²) >= 11 is 0. The molecule has 2 N–H and O–H groups in total. The van der Waals surface area contributed by atoms with Crippen LogP contribution in [-0.4, -0.2) is 73.1 Å². The Balaban J connectivity index is 0.00000288. The van der Waals surface area contributed by atoms with E-state index in [9.17, 15) is 0 Å². The van der Waals surface area contributed by atoms with E-state index in [-0.39, 0.29) is 24.0 Å². The lowest BCUT2D eigenvalue weighted by molar-refractivity contribution is 0.0389. The van der Waals surface area contributed by atoms with E-state index in [1.807, 2.05) is 17.9 Å². The normalized spacial score (nSPS) is 15.8. The van der Waals surface area contributed by atoms with Gasteiger partial charge in [-0.3, -0.25) is 14.6 Å². The molecule has 138 valence electrons. The standard InChI is InChI=1S/C16H30N6O.HI/c1-3-17-16(19-7-8-22-9-11-23-12-10-22)18-6-4-5-15-13-20-21(2)14-15;/h13-14H,3-12H2,1-2H3,(H2,17,18,19);1H. The second-order valence-corrected chi connectivity index (χ2v) is 5.77. The first-order valence-corrected chi connectivity index (χ1v) is 8.57. The van der Waals surface area contributed by atoms with E-state index < -0.39 is 0 Å². The lowest BCUT2D eigenvalue weighted by Crippen LogP contribution is -2.44. The van der Waals surface area contributed by atoms with Crippen molar-refractivity contribution in [1.82, 2.24) is 25.3 Å². The molecule has 1 saturated heterocycles. The number of aromatic nitrogens is 2. The van der Waals surface area contributed by atoms with Crippen molar-refractivity contribution in [2.24, 2.45) is 12.0 Å². The molecule has 0 radical (unpaired) electrons. The average molecular weight is 450 g/mol. The van der Waals surface area contributed by atoms with Gasteiger partial charge in [0.15, 0.2) is 5.96 Å². The molecule has 0 atom stereocenters. The quantitative estimate of drug-likeness (QED) is 0.266. The maximum atomic E-state index is 5.37. The highest BCUT2D eigenvalue weighted by Gasteiger charge is 2.09. The summed E-state index contributed by atoms with van der Waals surface area (Å²) in [4.78, 5) is 7.06. The summed E-state index contributed by atoms with van der Waals surface area (Å²) < 4.78 is 7.21. The van der Waals surface area contributed by atoms with Crippen LogP contribution in [0.5, 0.6) is 0 Å². The molecular weight excluding hydrogens is 419 g/mol. The Bertz CT molecular complexity index is 473. The summed E-state index contributed by atoms with van der Waals surface area (Å²) in [6.45, 7) is 9.49. The number of ether oxygens (including phenoxy) is 1. The maximum absolute atomic E-state index is 5.37. The van der Waals surface area contributed by atoms with Crippen LogP contribution >= 0.6 is 24.0 Å². The highest BCUT2D eigenvalue weighted by Crippen LogP contribution is 2.00. The van der Waals surface area contributed by atoms with Gasteiger partial charge in [-0.25, -0.2) is 0 Å². The van der Waals surface area contributed by atoms with Crippen molar-refractivity contribution < 1.29 is 4.74 Å². The third kappa shape index (κ3) is 8.29. The minimum absolute atomic E-state index is 0. The number of guanidine groups is 1. The topological polar surface area (TPSA) is 66.7 Å². The van der Waals surface area contributed by atoms with E-state index in [1.54, 1.807) is 0 Å². The van der Waals surface area contributed by atoms with E-state index in [1.165, 1.54) is 5.56 Å². The Kier molecular flexibility index (Phi) is 11.0. The Morgan fingerprint density at radius 2 is 2.12 bits per heavy atom. The van der Waals surface area contributed by atoms with Crippen molar-refractivity contribution in [1.29, 1.82) is 0 Å². The molecule has 2 rings (SSSR count). The van der Waals surface area contributed by atoms with Gasteiger partial charge < -0.3 is 15.4 Å². The molecule has 8 heteroatoms. The highest BCUT2D eigenvalue weighted by molar-refractivity contribution is 14.0. The molecule has 0 bridgehead atoms. The van der Waals surface area contributed by atoms with Gasteiger partial charge in [-0.05, 0) is 25.3 Å². The van der Waals surface area contributed by atoms with Crippen LogP contribution in [0.3, 0.4) is 0 Å². The first-order chi connectivity index (χ1) is 11.3. The zero-order chi connectivity index (χ0) is 16.3. The number of aryl methyl sites for hydroxylation is 2. The number of morpholine rings is 1. The average Bonchev–Trinajstić information content (AvgIpc) is 2.98. The molecule has 2 heterocycles. The van der Waals surface area contributed by atoms with Gasteiger partial charge in [-0.1, -0.05) is 0 Å². The molecule has 0 aromatic carbocycles. The molecule has 0 amide bonds. The SMILES string of the molecule is CCNC(=NCCCc1cnn(C)c1)NCCN1CCOCC1.I. The Morgan fingerprint density at radius 1 is 1.33 bits per heavy atom. The predicted molar refractivity (Wildman–Crippen MR) is 108 cm³/mol. The lowest BCUT2D eigenvalue weighted by Gasteiger charge is -2.26. The number of hydrogen-bond acceptors (Lipinski definition) is 4. The first-order valence-electron chi connectivity index (χ1n) is 8.57. The van der Waals surface area contributed by atoms with Gasteiger partial charge in [0, 0.05) is 52.5 Å². The van der Waals surface area contributed by atoms with E-state index in [0.29, 0.717) is 0 Å². The molecule has 0 aliphatic carbocycles. The molecule has 7 nitrogen and oxygen atoms in total. The van der Waals surface area contributed by atoms with Gasteiger partial charge in [0.2, 0.25) is 0 Å². The summed E-state index contributed by atoms with van der Waals surface area (Å²) in [6, 6.07) is 0. The minimum atomic E-state index is 0. The van der Waals surface area contributed by atoms with Crippen molar-refractivity contribution in [3.8, 4) is 0 Å². The van der Waals surface area contributed by atoms with Gasteiger partial charge in [0.25, 0.3) is 0 Å². The highest BCUT2D eigenvalue weighted by atomic mass is 127. The fourth-order valence-corrected chi connectivity index (χ4v) is 2.57. The van der Waals surface area contributed by atoms with E-state index in [0.717, 1.165) is 71.3 Å². The zero-order valence-corrected chi connectivity index (χ0v) is 17.2. The minimum Gasteiger partial charge on any atom is -0.379 e. The van der Waals surface area contributed by atoms with E-state index in [4.69, 9.17) is 4.74 Å². The third-order valence-electron chi connectivity index (χ3n) is 3.82. The van der Waals surface area contributed by atoms with Gasteiger partial charge in [0.05, 0.1) is 19.4 Å². The van der Waals surface area contributed by atoms with Gasteiger partial charge in [-0.2, -0.15) is 5.10 Å². The summed E-state index contributed by atoms with van der Waals surface area (Å²) in [7, 11) is 1.95. The predicted octanol–water partition coefficient (Wildman–Crippen LogP) is 0.858. The summed E-state index contributed by atoms with van der Waals surface area (Å²) in [5, 5.41) is 10.9. The van der Waals surface area contributed by atoms with Crippen molar-refractivity contribution >= 4 is 29.9 Å². The van der Waals surface area contributed by atoms with Gasteiger partial charge in [0.1, 0.15) is 0 Å². The molecule has 0 saturated carbocycles. The molecule has 1 aliphatic heterocycles. The van der Waals surface area contributed by atoms with Crippen molar-refractivity contribution in [3.05, 3.63) is 18.0 Å². The van der Waals surface area contributed by atoms with Crippen molar-refractivity contribution in [2.45, 2.75) is 19.8 Å². The monoisotopic (exact) mass is 450 g/mol. The second kappa shape index (κ2) is 12.5. The van der Waals surface area contributed by atoms with Crippen LogP contribution in [0, 0.1) is 0 Å². The van der Waals surface area contributed by atoms with E-state index >= 15 is 0 Å².